The van der Waals surface area contributed by atoms with E-state index in [0.29, 0.717) is 16.8 Å². The molecular weight excluding hydrogens is 254 g/mol. The molecule has 0 unspecified atom stereocenters. The SMILES string of the molecule is CC/C=C(\C)C(=O)Nc1ccc(C(C)(C)C(=O)O)cc1. The number of amides is 1. The lowest BCUT2D eigenvalue weighted by molar-refractivity contribution is -0.142. The van der Waals surface area contributed by atoms with Crippen molar-refractivity contribution in [3.8, 4) is 0 Å². The molecular formula is C16H21NO3. The lowest BCUT2D eigenvalue weighted by atomic mass is 9.85. The number of aliphatic carboxylic acids is 1. The third kappa shape index (κ3) is 3.70. The topological polar surface area (TPSA) is 66.4 Å². The summed E-state index contributed by atoms with van der Waals surface area (Å²) in [5.41, 5.74) is 1.08. The summed E-state index contributed by atoms with van der Waals surface area (Å²) >= 11 is 0. The molecule has 1 aromatic rings. The van der Waals surface area contributed by atoms with Gasteiger partial charge in [0, 0.05) is 11.3 Å². The minimum Gasteiger partial charge on any atom is -0.481 e. The molecule has 1 amide bonds. The van der Waals surface area contributed by atoms with E-state index in [1.165, 1.54) is 0 Å². The number of allylic oxidation sites excluding steroid dienone is 1. The van der Waals surface area contributed by atoms with E-state index in [1.807, 2.05) is 13.0 Å². The predicted octanol–water partition coefficient (Wildman–Crippen LogP) is 3.34. The first-order valence-electron chi connectivity index (χ1n) is 6.61. The van der Waals surface area contributed by atoms with E-state index in [9.17, 15) is 9.59 Å². The van der Waals surface area contributed by atoms with Crippen LogP contribution in [0, 0.1) is 0 Å². The van der Waals surface area contributed by atoms with Crippen molar-refractivity contribution in [2.45, 2.75) is 39.5 Å². The van der Waals surface area contributed by atoms with E-state index in [2.05, 4.69) is 5.32 Å². The van der Waals surface area contributed by atoms with Crippen LogP contribution in [0.1, 0.15) is 39.7 Å². The summed E-state index contributed by atoms with van der Waals surface area (Å²) in [5.74, 6) is -1.02. The van der Waals surface area contributed by atoms with E-state index in [-0.39, 0.29) is 5.91 Å². The predicted molar refractivity (Wildman–Crippen MR) is 79.8 cm³/mol. The Labute approximate surface area is 119 Å². The zero-order valence-electron chi connectivity index (χ0n) is 12.4. The molecule has 0 saturated carbocycles. The first kappa shape index (κ1) is 16.0. The number of carbonyl (C=O) groups excluding carboxylic acids is 1. The molecule has 0 aliphatic rings. The second kappa shape index (κ2) is 6.37. The van der Waals surface area contributed by atoms with Gasteiger partial charge in [0.25, 0.3) is 5.91 Å². The normalized spacial score (nSPS) is 12.1. The zero-order chi connectivity index (χ0) is 15.3. The number of carboxylic acids is 1. The number of rotatable bonds is 5. The molecule has 4 heteroatoms. The molecule has 1 aromatic carbocycles. The van der Waals surface area contributed by atoms with Gasteiger partial charge in [-0.2, -0.15) is 0 Å². The van der Waals surface area contributed by atoms with Gasteiger partial charge < -0.3 is 10.4 Å². The maximum absolute atomic E-state index is 11.8. The molecule has 0 bridgehead atoms. The molecule has 1 rings (SSSR count). The van der Waals surface area contributed by atoms with Crippen LogP contribution in [0.5, 0.6) is 0 Å². The maximum atomic E-state index is 11.8. The van der Waals surface area contributed by atoms with Crippen LogP contribution in [-0.2, 0) is 15.0 Å². The number of benzene rings is 1. The molecule has 0 aliphatic heterocycles. The minimum atomic E-state index is -0.944. The van der Waals surface area contributed by atoms with Gasteiger partial charge in [-0.3, -0.25) is 9.59 Å². The molecule has 0 saturated heterocycles. The summed E-state index contributed by atoms with van der Waals surface area (Å²) < 4.78 is 0. The summed E-state index contributed by atoms with van der Waals surface area (Å²) in [6.07, 6.45) is 2.67. The van der Waals surface area contributed by atoms with Gasteiger partial charge in [-0.15, -0.1) is 0 Å². The minimum absolute atomic E-state index is 0.142. The molecule has 0 fully saturated rings. The molecule has 0 aromatic heterocycles. The van der Waals surface area contributed by atoms with Crippen molar-refractivity contribution >= 4 is 17.6 Å². The smallest absolute Gasteiger partial charge is 0.313 e. The first-order valence-corrected chi connectivity index (χ1v) is 6.61. The van der Waals surface area contributed by atoms with Crippen LogP contribution in [0.3, 0.4) is 0 Å². The first-order chi connectivity index (χ1) is 9.28. The Hall–Kier alpha value is -2.10. The average Bonchev–Trinajstić information content (AvgIpc) is 2.39. The number of carbonyl (C=O) groups is 2. The van der Waals surface area contributed by atoms with Crippen LogP contribution in [0.25, 0.3) is 0 Å². The fourth-order valence-corrected chi connectivity index (χ4v) is 1.72. The van der Waals surface area contributed by atoms with Gasteiger partial charge in [-0.05, 0) is 44.9 Å². The lowest BCUT2D eigenvalue weighted by Crippen LogP contribution is -2.28. The fraction of sp³-hybridized carbons (Fsp3) is 0.375. The highest BCUT2D eigenvalue weighted by Gasteiger charge is 2.29. The number of anilines is 1. The van der Waals surface area contributed by atoms with Gasteiger partial charge in [0.15, 0.2) is 0 Å². The van der Waals surface area contributed by atoms with E-state index in [1.54, 1.807) is 45.0 Å². The molecule has 0 atom stereocenters. The highest BCUT2D eigenvalue weighted by atomic mass is 16.4. The van der Waals surface area contributed by atoms with E-state index < -0.39 is 11.4 Å². The van der Waals surface area contributed by atoms with Gasteiger partial charge in [0.1, 0.15) is 0 Å². The molecule has 0 heterocycles. The molecule has 0 aliphatic carbocycles. The Bertz CT molecular complexity index is 527. The van der Waals surface area contributed by atoms with Gasteiger partial charge in [-0.25, -0.2) is 0 Å². The number of carboxylic acid groups (broad SMARTS) is 1. The highest BCUT2D eigenvalue weighted by Crippen LogP contribution is 2.24. The van der Waals surface area contributed by atoms with Gasteiger partial charge >= 0.3 is 5.97 Å². The summed E-state index contributed by atoms with van der Waals surface area (Å²) in [5, 5.41) is 11.9. The van der Waals surface area contributed by atoms with Gasteiger partial charge in [-0.1, -0.05) is 25.1 Å². The van der Waals surface area contributed by atoms with Crippen molar-refractivity contribution in [1.29, 1.82) is 0 Å². The summed E-state index contributed by atoms with van der Waals surface area (Å²) in [6.45, 7) is 7.04. The number of hydrogen-bond donors (Lipinski definition) is 2. The van der Waals surface area contributed by atoms with Crippen molar-refractivity contribution in [2.75, 3.05) is 5.32 Å². The molecule has 0 radical (unpaired) electrons. The highest BCUT2D eigenvalue weighted by molar-refractivity contribution is 6.03. The van der Waals surface area contributed by atoms with Gasteiger partial charge in [0.05, 0.1) is 5.41 Å². The maximum Gasteiger partial charge on any atom is 0.313 e. The molecule has 0 spiro atoms. The van der Waals surface area contributed by atoms with Crippen molar-refractivity contribution in [3.05, 3.63) is 41.5 Å². The summed E-state index contributed by atoms with van der Waals surface area (Å²) in [7, 11) is 0. The third-order valence-electron chi connectivity index (χ3n) is 3.27. The molecule has 108 valence electrons. The van der Waals surface area contributed by atoms with Crippen LogP contribution in [0.15, 0.2) is 35.9 Å². The Morgan fingerprint density at radius 3 is 2.25 bits per heavy atom. The summed E-state index contributed by atoms with van der Waals surface area (Å²) in [4.78, 5) is 23.0. The second-order valence-corrected chi connectivity index (χ2v) is 5.26. The lowest BCUT2D eigenvalue weighted by Gasteiger charge is -2.19. The number of hydrogen-bond acceptors (Lipinski definition) is 2. The van der Waals surface area contributed by atoms with Crippen molar-refractivity contribution in [1.82, 2.24) is 0 Å². The molecule has 4 nitrogen and oxygen atoms in total. The Morgan fingerprint density at radius 2 is 1.80 bits per heavy atom. The average molecular weight is 275 g/mol. The van der Waals surface area contributed by atoms with Crippen molar-refractivity contribution in [3.63, 3.8) is 0 Å². The van der Waals surface area contributed by atoms with Crippen LogP contribution < -0.4 is 5.32 Å². The van der Waals surface area contributed by atoms with E-state index in [0.717, 1.165) is 6.42 Å². The molecule has 2 N–H and O–H groups in total. The third-order valence-corrected chi connectivity index (χ3v) is 3.27. The van der Waals surface area contributed by atoms with Crippen molar-refractivity contribution in [2.24, 2.45) is 0 Å². The molecule has 20 heavy (non-hydrogen) atoms. The Morgan fingerprint density at radius 1 is 1.25 bits per heavy atom. The quantitative estimate of drug-likeness (QED) is 0.810. The Balaban J connectivity index is 2.85. The number of nitrogens with one attached hydrogen (secondary N) is 1. The van der Waals surface area contributed by atoms with Crippen LogP contribution >= 0.6 is 0 Å². The van der Waals surface area contributed by atoms with Crippen LogP contribution in [0.4, 0.5) is 5.69 Å². The zero-order valence-corrected chi connectivity index (χ0v) is 12.4. The van der Waals surface area contributed by atoms with Crippen LogP contribution in [0.2, 0.25) is 0 Å². The fourth-order valence-electron chi connectivity index (χ4n) is 1.72. The largest absolute Gasteiger partial charge is 0.481 e. The van der Waals surface area contributed by atoms with Crippen molar-refractivity contribution < 1.29 is 14.7 Å². The van der Waals surface area contributed by atoms with Crippen LogP contribution in [-0.4, -0.2) is 17.0 Å². The standard InChI is InChI=1S/C16H21NO3/c1-5-6-11(2)14(18)17-13-9-7-12(8-10-13)16(3,4)15(19)20/h6-10H,5H2,1-4H3,(H,17,18)(H,19,20)/b11-6+. The van der Waals surface area contributed by atoms with E-state index in [4.69, 9.17) is 5.11 Å². The summed E-state index contributed by atoms with van der Waals surface area (Å²) in [6, 6.07) is 6.89. The van der Waals surface area contributed by atoms with E-state index >= 15 is 0 Å². The Kier molecular flexibility index (Phi) is 5.08. The second-order valence-electron chi connectivity index (χ2n) is 5.26. The van der Waals surface area contributed by atoms with Gasteiger partial charge in [0.2, 0.25) is 0 Å². The monoisotopic (exact) mass is 275 g/mol.